The largest absolute Gasteiger partial charge is 0.473 e. The molecule has 1 aromatic carbocycles. The van der Waals surface area contributed by atoms with Crippen LogP contribution in [0.25, 0.3) is 0 Å². The van der Waals surface area contributed by atoms with Crippen molar-refractivity contribution in [3.63, 3.8) is 0 Å². The van der Waals surface area contributed by atoms with Gasteiger partial charge < -0.3 is 10.1 Å². The van der Waals surface area contributed by atoms with Crippen LogP contribution in [0.4, 0.5) is 4.39 Å². The molecule has 0 atom stereocenters. The van der Waals surface area contributed by atoms with E-state index in [0.717, 1.165) is 33.7 Å². The van der Waals surface area contributed by atoms with Crippen LogP contribution in [-0.2, 0) is 19.7 Å². The monoisotopic (exact) mass is 477 g/mol. The van der Waals surface area contributed by atoms with Gasteiger partial charge in [-0.2, -0.15) is 17.7 Å². The van der Waals surface area contributed by atoms with E-state index in [1.165, 1.54) is 0 Å². The SMILES string of the molecule is Cc1cc(COc2cc(CNCS)nn2CCC(C)C)c(I)cc1F. The number of aromatic nitrogens is 2. The van der Waals surface area contributed by atoms with E-state index in [9.17, 15) is 4.39 Å². The van der Waals surface area contributed by atoms with Crippen LogP contribution in [0.15, 0.2) is 18.2 Å². The van der Waals surface area contributed by atoms with E-state index in [-0.39, 0.29) is 5.82 Å². The predicted octanol–water partition coefficient (Wildman–Crippen LogP) is 4.54. The molecule has 0 saturated carbocycles. The summed E-state index contributed by atoms with van der Waals surface area (Å²) < 4.78 is 22.4. The molecule has 25 heavy (non-hydrogen) atoms. The van der Waals surface area contributed by atoms with E-state index in [0.29, 0.717) is 30.5 Å². The van der Waals surface area contributed by atoms with Gasteiger partial charge in [0.15, 0.2) is 0 Å². The van der Waals surface area contributed by atoms with Gasteiger partial charge in [-0.15, -0.1) is 0 Å². The molecular weight excluding hydrogens is 452 g/mol. The highest BCUT2D eigenvalue weighted by Crippen LogP contribution is 2.21. The zero-order chi connectivity index (χ0) is 18.4. The van der Waals surface area contributed by atoms with E-state index in [4.69, 9.17) is 4.74 Å². The van der Waals surface area contributed by atoms with Gasteiger partial charge >= 0.3 is 0 Å². The molecule has 0 aliphatic rings. The first-order valence-electron chi connectivity index (χ1n) is 8.36. The Labute approximate surface area is 168 Å². The molecule has 0 saturated heterocycles. The first-order chi connectivity index (χ1) is 11.9. The number of hydrogen-bond donors (Lipinski definition) is 2. The number of aryl methyl sites for hydroxylation is 2. The second kappa shape index (κ2) is 9.78. The number of halogens is 2. The maximum Gasteiger partial charge on any atom is 0.212 e. The third-order valence-corrected chi connectivity index (χ3v) is 5.06. The third-order valence-electron chi connectivity index (χ3n) is 3.83. The topological polar surface area (TPSA) is 39.1 Å². The second-order valence-electron chi connectivity index (χ2n) is 6.45. The minimum atomic E-state index is -0.185. The van der Waals surface area contributed by atoms with Crippen molar-refractivity contribution in [2.75, 3.05) is 5.88 Å². The molecule has 0 bridgehead atoms. The van der Waals surface area contributed by atoms with Gasteiger partial charge in [0.1, 0.15) is 12.4 Å². The van der Waals surface area contributed by atoms with Crippen LogP contribution in [0.1, 0.15) is 37.1 Å². The zero-order valence-electron chi connectivity index (χ0n) is 14.9. The molecular formula is C18H25FIN3OS. The summed E-state index contributed by atoms with van der Waals surface area (Å²) >= 11 is 6.30. The van der Waals surface area contributed by atoms with E-state index in [1.54, 1.807) is 13.0 Å². The first kappa shape index (κ1) is 20.5. The Kier molecular flexibility index (Phi) is 8.02. The van der Waals surface area contributed by atoms with Crippen LogP contribution in [0, 0.1) is 22.2 Å². The number of benzene rings is 1. The normalized spacial score (nSPS) is 11.3. The Morgan fingerprint density at radius 3 is 2.80 bits per heavy atom. The second-order valence-corrected chi connectivity index (χ2v) is 7.92. The lowest BCUT2D eigenvalue weighted by Crippen LogP contribution is -2.12. The van der Waals surface area contributed by atoms with Gasteiger partial charge in [0.05, 0.1) is 5.69 Å². The van der Waals surface area contributed by atoms with Crippen molar-refractivity contribution >= 4 is 35.2 Å². The Morgan fingerprint density at radius 2 is 2.12 bits per heavy atom. The molecule has 1 heterocycles. The summed E-state index contributed by atoms with van der Waals surface area (Å²) in [5.41, 5.74) is 2.54. The summed E-state index contributed by atoms with van der Waals surface area (Å²) in [6.07, 6.45) is 1.03. The van der Waals surface area contributed by atoms with Gasteiger partial charge in [0, 0.05) is 34.2 Å². The highest BCUT2D eigenvalue weighted by Gasteiger charge is 2.12. The lowest BCUT2D eigenvalue weighted by molar-refractivity contribution is 0.267. The maximum absolute atomic E-state index is 13.6. The Balaban J connectivity index is 2.13. The zero-order valence-corrected chi connectivity index (χ0v) is 17.9. The number of thiol groups is 1. The fraction of sp³-hybridized carbons (Fsp3) is 0.500. The summed E-state index contributed by atoms with van der Waals surface area (Å²) in [6, 6.07) is 5.35. The molecule has 0 spiro atoms. The van der Waals surface area contributed by atoms with Crippen LogP contribution in [-0.4, -0.2) is 15.7 Å². The molecule has 0 aliphatic carbocycles. The average Bonchev–Trinajstić information content (AvgIpc) is 2.95. The summed E-state index contributed by atoms with van der Waals surface area (Å²) in [4.78, 5) is 0. The summed E-state index contributed by atoms with van der Waals surface area (Å²) in [6.45, 7) is 8.01. The van der Waals surface area contributed by atoms with Gasteiger partial charge in [-0.05, 0) is 59.5 Å². The van der Waals surface area contributed by atoms with Crippen LogP contribution < -0.4 is 10.1 Å². The molecule has 0 radical (unpaired) electrons. The van der Waals surface area contributed by atoms with Gasteiger partial charge in [-0.25, -0.2) is 9.07 Å². The number of rotatable bonds is 9. The van der Waals surface area contributed by atoms with Crippen molar-refractivity contribution in [2.24, 2.45) is 5.92 Å². The van der Waals surface area contributed by atoms with E-state index in [2.05, 4.69) is 59.5 Å². The maximum atomic E-state index is 13.6. The number of hydrogen-bond acceptors (Lipinski definition) is 4. The fourth-order valence-corrected chi connectivity index (χ4v) is 3.05. The van der Waals surface area contributed by atoms with Crippen molar-refractivity contribution < 1.29 is 9.13 Å². The lowest BCUT2D eigenvalue weighted by atomic mass is 10.1. The molecule has 1 N–H and O–H groups in total. The number of nitrogens with zero attached hydrogens (tertiary/aromatic N) is 2. The molecule has 4 nitrogen and oxygen atoms in total. The molecule has 1 aromatic heterocycles. The first-order valence-corrected chi connectivity index (χ1v) is 10.1. The number of nitrogens with one attached hydrogen (secondary N) is 1. The molecule has 138 valence electrons. The average molecular weight is 477 g/mol. The smallest absolute Gasteiger partial charge is 0.212 e. The van der Waals surface area contributed by atoms with Crippen molar-refractivity contribution in [1.82, 2.24) is 15.1 Å². The minimum absolute atomic E-state index is 0.185. The Bertz CT molecular complexity index is 706. The van der Waals surface area contributed by atoms with Crippen molar-refractivity contribution in [1.29, 1.82) is 0 Å². The van der Waals surface area contributed by atoms with Crippen molar-refractivity contribution in [3.05, 3.63) is 44.4 Å². The fourth-order valence-electron chi connectivity index (χ4n) is 2.36. The van der Waals surface area contributed by atoms with Gasteiger partial charge in [0.25, 0.3) is 0 Å². The summed E-state index contributed by atoms with van der Waals surface area (Å²) in [7, 11) is 0. The van der Waals surface area contributed by atoms with E-state index < -0.39 is 0 Å². The van der Waals surface area contributed by atoms with E-state index >= 15 is 0 Å². The Morgan fingerprint density at radius 1 is 1.36 bits per heavy atom. The van der Waals surface area contributed by atoms with Gasteiger partial charge in [0.2, 0.25) is 5.88 Å². The molecule has 7 heteroatoms. The van der Waals surface area contributed by atoms with E-state index in [1.807, 2.05) is 16.8 Å². The predicted molar refractivity (Wildman–Crippen MR) is 111 cm³/mol. The molecule has 0 aliphatic heterocycles. The molecule has 2 rings (SSSR count). The standard InChI is InChI=1S/C18H25FIN3OS/c1-12(2)4-5-23-18(7-15(22-23)9-21-11-25)24-10-14-6-13(3)16(19)8-17(14)20/h6-8,12,21,25H,4-5,9-11H2,1-3H3. The number of ether oxygens (including phenoxy) is 1. The molecule has 0 amide bonds. The van der Waals surface area contributed by atoms with Gasteiger partial charge in [-0.1, -0.05) is 13.8 Å². The van der Waals surface area contributed by atoms with Crippen LogP contribution in [0.3, 0.4) is 0 Å². The summed E-state index contributed by atoms with van der Waals surface area (Å²) in [5, 5.41) is 7.78. The quantitative estimate of drug-likeness (QED) is 0.317. The van der Waals surface area contributed by atoms with Crippen LogP contribution >= 0.6 is 35.2 Å². The molecule has 0 unspecified atom stereocenters. The van der Waals surface area contributed by atoms with Crippen LogP contribution in [0.2, 0.25) is 0 Å². The van der Waals surface area contributed by atoms with Crippen LogP contribution in [0.5, 0.6) is 5.88 Å². The minimum Gasteiger partial charge on any atom is -0.473 e. The van der Waals surface area contributed by atoms with Crippen molar-refractivity contribution in [2.45, 2.75) is 46.9 Å². The molecule has 0 fully saturated rings. The molecule has 2 aromatic rings. The summed E-state index contributed by atoms with van der Waals surface area (Å²) in [5.74, 6) is 1.75. The van der Waals surface area contributed by atoms with Crippen molar-refractivity contribution in [3.8, 4) is 5.88 Å². The third kappa shape index (κ3) is 6.14. The lowest BCUT2D eigenvalue weighted by Gasteiger charge is -2.12. The Hall–Kier alpha value is -0.800. The highest BCUT2D eigenvalue weighted by molar-refractivity contribution is 14.1. The van der Waals surface area contributed by atoms with Gasteiger partial charge in [-0.3, -0.25) is 0 Å². The highest BCUT2D eigenvalue weighted by atomic mass is 127.